The highest BCUT2D eigenvalue weighted by Crippen LogP contribution is 2.59. The Bertz CT molecular complexity index is 336. The number of carboxylic acid groups (broad SMARTS) is 1. The van der Waals surface area contributed by atoms with Gasteiger partial charge in [0.1, 0.15) is 0 Å². The third-order valence-electron chi connectivity index (χ3n) is 3.01. The number of carbonyl (C=O) groups is 1. The maximum absolute atomic E-state index is 12.3. The van der Waals surface area contributed by atoms with Crippen molar-refractivity contribution < 1.29 is 40.2 Å². The van der Waals surface area contributed by atoms with Crippen LogP contribution < -0.4 is 12.4 Å². The first-order valence-electron chi connectivity index (χ1n) is 4.68. The number of aliphatic carboxylic acids is 1. The van der Waals surface area contributed by atoms with Gasteiger partial charge in [0, 0.05) is 5.92 Å². The summed E-state index contributed by atoms with van der Waals surface area (Å²) in [6.45, 7) is 3.24. The van der Waals surface area contributed by atoms with Gasteiger partial charge >= 0.3 is 12.1 Å². The molecule has 0 aromatic carbocycles. The van der Waals surface area contributed by atoms with Gasteiger partial charge in [0.15, 0.2) is 5.76 Å². The Kier molecular flexibility index (Phi) is 4.50. The molecule has 0 aromatic heterocycles. The maximum atomic E-state index is 12.3. The molecule has 1 rings (SSSR count). The van der Waals surface area contributed by atoms with Gasteiger partial charge in [0.25, 0.3) is 0 Å². The van der Waals surface area contributed by atoms with Crippen LogP contribution in [0.15, 0.2) is 11.8 Å². The molecule has 2 unspecified atom stereocenters. The molecule has 0 heterocycles. The average molecular weight is 274 g/mol. The second-order valence-electron chi connectivity index (χ2n) is 4.40. The number of alkyl halides is 3. The van der Waals surface area contributed by atoms with E-state index in [0.29, 0.717) is 0 Å². The minimum Gasteiger partial charge on any atom is -1.00 e. The van der Waals surface area contributed by atoms with E-state index >= 15 is 0 Å². The lowest BCUT2D eigenvalue weighted by atomic mass is 10.1. The molecule has 0 spiro atoms. The fourth-order valence-corrected chi connectivity index (χ4v) is 1.90. The van der Waals surface area contributed by atoms with E-state index in [1.807, 2.05) is 0 Å². The molecule has 1 fully saturated rings. The molecular formula is C10H13ClF3O3-. The second kappa shape index (κ2) is 4.76. The molecule has 100 valence electrons. The van der Waals surface area contributed by atoms with Crippen molar-refractivity contribution in [2.75, 3.05) is 7.11 Å². The van der Waals surface area contributed by atoms with Gasteiger partial charge in [-0.1, -0.05) is 13.8 Å². The van der Waals surface area contributed by atoms with E-state index < -0.39 is 35.2 Å². The number of methoxy groups -OCH3 is 1. The number of allylic oxidation sites excluding steroid dienone is 2. The first-order chi connectivity index (χ1) is 7.12. The van der Waals surface area contributed by atoms with Crippen LogP contribution >= 0.6 is 0 Å². The van der Waals surface area contributed by atoms with Gasteiger partial charge in [0.2, 0.25) is 0 Å². The van der Waals surface area contributed by atoms with E-state index in [2.05, 4.69) is 4.74 Å². The van der Waals surface area contributed by atoms with Crippen molar-refractivity contribution in [3.8, 4) is 0 Å². The third-order valence-corrected chi connectivity index (χ3v) is 3.01. The number of hydrogen-bond donors (Lipinski definition) is 1. The number of rotatable bonds is 3. The van der Waals surface area contributed by atoms with Gasteiger partial charge in [-0.25, -0.2) is 0 Å². The lowest BCUT2D eigenvalue weighted by molar-refractivity contribution is -0.139. The van der Waals surface area contributed by atoms with Gasteiger partial charge < -0.3 is 22.3 Å². The van der Waals surface area contributed by atoms with Crippen molar-refractivity contribution in [3.63, 3.8) is 0 Å². The molecule has 0 radical (unpaired) electrons. The predicted octanol–water partition coefficient (Wildman–Crippen LogP) is -0.560. The van der Waals surface area contributed by atoms with E-state index in [4.69, 9.17) is 5.11 Å². The van der Waals surface area contributed by atoms with Crippen LogP contribution in [-0.4, -0.2) is 24.4 Å². The van der Waals surface area contributed by atoms with Crippen molar-refractivity contribution in [1.82, 2.24) is 0 Å². The molecule has 7 heteroatoms. The Hall–Kier alpha value is -0.910. The zero-order chi connectivity index (χ0) is 12.7. The van der Waals surface area contributed by atoms with Crippen molar-refractivity contribution in [2.24, 2.45) is 17.3 Å². The fraction of sp³-hybridized carbons (Fsp3) is 0.700. The van der Waals surface area contributed by atoms with E-state index in [0.717, 1.165) is 13.2 Å². The van der Waals surface area contributed by atoms with Crippen LogP contribution in [0.2, 0.25) is 0 Å². The van der Waals surface area contributed by atoms with Crippen molar-refractivity contribution in [3.05, 3.63) is 11.8 Å². The summed E-state index contributed by atoms with van der Waals surface area (Å²) in [5.74, 6) is -3.63. The van der Waals surface area contributed by atoms with Gasteiger partial charge in [-0.15, -0.1) is 0 Å². The van der Waals surface area contributed by atoms with Crippen LogP contribution in [0.4, 0.5) is 13.2 Å². The minimum absolute atomic E-state index is 0. The van der Waals surface area contributed by atoms with Crippen LogP contribution in [0.5, 0.6) is 0 Å². The number of halogens is 4. The van der Waals surface area contributed by atoms with Gasteiger partial charge in [0.05, 0.1) is 13.0 Å². The molecule has 0 bridgehead atoms. The molecular weight excluding hydrogens is 261 g/mol. The normalized spacial score (nSPS) is 27.1. The fourth-order valence-electron chi connectivity index (χ4n) is 1.90. The number of hydrogen-bond acceptors (Lipinski definition) is 2. The summed E-state index contributed by atoms with van der Waals surface area (Å²) in [6, 6.07) is 0. The molecule has 1 saturated carbocycles. The molecule has 1 aliphatic rings. The van der Waals surface area contributed by atoms with Gasteiger partial charge in [-0.2, -0.15) is 13.2 Å². The Morgan fingerprint density at radius 3 is 2.12 bits per heavy atom. The molecule has 0 amide bonds. The standard InChI is InChI=1S/C10H13F3O3.ClH/c1-9(2)5(7(9)8(14)15)4-6(16-3)10(11,12)13;/h4-5,7H,1-3H3,(H,14,15);1H/p-1. The van der Waals surface area contributed by atoms with Gasteiger partial charge in [-0.05, 0) is 11.5 Å². The highest BCUT2D eigenvalue weighted by molar-refractivity contribution is 5.76. The first kappa shape index (κ1) is 16.1. The summed E-state index contributed by atoms with van der Waals surface area (Å²) in [6.07, 6.45) is -3.71. The van der Waals surface area contributed by atoms with E-state index in [-0.39, 0.29) is 12.4 Å². The van der Waals surface area contributed by atoms with Crippen LogP contribution in [0.25, 0.3) is 0 Å². The van der Waals surface area contributed by atoms with E-state index in [1.54, 1.807) is 13.8 Å². The molecule has 0 saturated heterocycles. The number of carboxylic acids is 1. The Labute approximate surface area is 103 Å². The van der Waals surface area contributed by atoms with Crippen LogP contribution in [0, 0.1) is 17.3 Å². The predicted molar refractivity (Wildman–Crippen MR) is 49.5 cm³/mol. The lowest BCUT2D eigenvalue weighted by Crippen LogP contribution is -3.00. The highest BCUT2D eigenvalue weighted by atomic mass is 35.5. The minimum atomic E-state index is -4.57. The lowest BCUT2D eigenvalue weighted by Gasteiger charge is -2.10. The Morgan fingerprint density at radius 1 is 1.41 bits per heavy atom. The van der Waals surface area contributed by atoms with Crippen LogP contribution in [0.3, 0.4) is 0 Å². The highest BCUT2D eigenvalue weighted by Gasteiger charge is 2.61. The molecule has 1 aliphatic carbocycles. The Balaban J connectivity index is 0.00000256. The summed E-state index contributed by atoms with van der Waals surface area (Å²) in [5.41, 5.74) is -0.652. The summed E-state index contributed by atoms with van der Waals surface area (Å²) in [7, 11) is 0.921. The van der Waals surface area contributed by atoms with E-state index in [9.17, 15) is 18.0 Å². The second-order valence-corrected chi connectivity index (χ2v) is 4.40. The molecule has 3 nitrogen and oxygen atoms in total. The zero-order valence-corrected chi connectivity index (χ0v) is 10.3. The SMILES string of the molecule is COC(=CC1C(C(=O)O)C1(C)C)C(F)(F)F.[Cl-]. The topological polar surface area (TPSA) is 46.5 Å². The summed E-state index contributed by atoms with van der Waals surface area (Å²) in [4.78, 5) is 10.8. The van der Waals surface area contributed by atoms with Crippen LogP contribution in [-0.2, 0) is 9.53 Å². The largest absolute Gasteiger partial charge is 1.00 e. The summed E-state index contributed by atoms with van der Waals surface area (Å²) < 4.78 is 41.3. The molecule has 2 atom stereocenters. The Morgan fingerprint density at radius 2 is 1.88 bits per heavy atom. The van der Waals surface area contributed by atoms with Crippen molar-refractivity contribution >= 4 is 5.97 Å². The molecule has 1 N–H and O–H groups in total. The average Bonchev–Trinajstić information content (AvgIpc) is 2.61. The zero-order valence-electron chi connectivity index (χ0n) is 9.51. The third kappa shape index (κ3) is 3.06. The first-order valence-corrected chi connectivity index (χ1v) is 4.68. The van der Waals surface area contributed by atoms with Crippen molar-refractivity contribution in [1.29, 1.82) is 0 Å². The van der Waals surface area contributed by atoms with Crippen molar-refractivity contribution in [2.45, 2.75) is 20.0 Å². The van der Waals surface area contributed by atoms with E-state index in [1.165, 1.54) is 0 Å². The number of ether oxygens (including phenoxy) is 1. The quantitative estimate of drug-likeness (QED) is 0.701. The van der Waals surface area contributed by atoms with Gasteiger partial charge in [-0.3, -0.25) is 4.79 Å². The monoisotopic (exact) mass is 273 g/mol. The van der Waals surface area contributed by atoms with Crippen LogP contribution in [0.1, 0.15) is 13.8 Å². The summed E-state index contributed by atoms with van der Waals surface area (Å²) in [5, 5.41) is 8.80. The molecule has 17 heavy (non-hydrogen) atoms. The maximum Gasteiger partial charge on any atom is 0.448 e. The molecule has 0 aromatic rings. The smallest absolute Gasteiger partial charge is 0.448 e. The summed E-state index contributed by atoms with van der Waals surface area (Å²) >= 11 is 0. The molecule has 0 aliphatic heterocycles.